The summed E-state index contributed by atoms with van der Waals surface area (Å²) in [6.07, 6.45) is 4.70. The average Bonchev–Trinajstić information content (AvgIpc) is 3.25. The minimum atomic E-state index is 0.00726. The molecule has 4 rings (SSSR count). The number of methoxy groups -OCH3 is 1. The largest absolute Gasteiger partial charge is 0.497 e. The predicted octanol–water partition coefficient (Wildman–Crippen LogP) is 4.25. The fraction of sp³-hybridized carbons (Fsp3) is 0.190. The van der Waals surface area contributed by atoms with Crippen LogP contribution in [0.3, 0.4) is 0 Å². The number of H-pyrrole nitrogens is 1. The summed E-state index contributed by atoms with van der Waals surface area (Å²) in [5.41, 5.74) is 3.29. The maximum atomic E-state index is 12.3. The first-order valence-electron chi connectivity index (χ1n) is 8.79. The van der Waals surface area contributed by atoms with Crippen molar-refractivity contribution in [2.45, 2.75) is 13.0 Å². The molecule has 0 fully saturated rings. The monoisotopic (exact) mass is 425 g/mol. The molecule has 0 atom stereocenters. The Kier molecular flexibility index (Phi) is 4.90. The SMILES string of the molecule is COc1ccc2[nH]cc(CCNC(=O)Cn3ccc4cc(Br)ccc43)c2c1. The number of halogens is 1. The molecule has 0 aliphatic carbocycles. The number of amides is 1. The molecule has 0 unspecified atom stereocenters. The van der Waals surface area contributed by atoms with Crippen molar-refractivity contribution in [1.82, 2.24) is 14.9 Å². The van der Waals surface area contributed by atoms with Crippen LogP contribution in [0.25, 0.3) is 21.8 Å². The second-order valence-electron chi connectivity index (χ2n) is 6.47. The third-order valence-electron chi connectivity index (χ3n) is 4.74. The van der Waals surface area contributed by atoms with E-state index < -0.39 is 0 Å². The molecular formula is C21H20BrN3O2. The van der Waals surface area contributed by atoms with Gasteiger partial charge in [-0.1, -0.05) is 15.9 Å². The zero-order valence-electron chi connectivity index (χ0n) is 15.0. The highest BCUT2D eigenvalue weighted by Crippen LogP contribution is 2.24. The normalized spacial score (nSPS) is 11.2. The van der Waals surface area contributed by atoms with Gasteiger partial charge in [0.15, 0.2) is 0 Å². The van der Waals surface area contributed by atoms with Gasteiger partial charge in [-0.25, -0.2) is 0 Å². The van der Waals surface area contributed by atoms with Crippen molar-refractivity contribution in [1.29, 1.82) is 0 Å². The fourth-order valence-electron chi connectivity index (χ4n) is 3.35. The zero-order valence-corrected chi connectivity index (χ0v) is 16.5. The van der Waals surface area contributed by atoms with E-state index in [9.17, 15) is 4.79 Å². The van der Waals surface area contributed by atoms with E-state index in [1.165, 1.54) is 5.56 Å². The van der Waals surface area contributed by atoms with Crippen LogP contribution in [0.4, 0.5) is 0 Å². The topological polar surface area (TPSA) is 59.0 Å². The van der Waals surface area contributed by atoms with Gasteiger partial charge in [0, 0.05) is 45.2 Å². The Labute approximate surface area is 165 Å². The second kappa shape index (κ2) is 7.48. The quantitative estimate of drug-likeness (QED) is 0.484. The van der Waals surface area contributed by atoms with E-state index in [4.69, 9.17) is 4.74 Å². The van der Waals surface area contributed by atoms with Gasteiger partial charge in [0.2, 0.25) is 5.91 Å². The average molecular weight is 426 g/mol. The summed E-state index contributed by atoms with van der Waals surface area (Å²) < 4.78 is 8.30. The van der Waals surface area contributed by atoms with Gasteiger partial charge in [0.25, 0.3) is 0 Å². The maximum absolute atomic E-state index is 12.3. The van der Waals surface area contributed by atoms with Crippen molar-refractivity contribution >= 4 is 43.6 Å². The molecule has 2 N–H and O–H groups in total. The Morgan fingerprint density at radius 3 is 2.96 bits per heavy atom. The summed E-state index contributed by atoms with van der Waals surface area (Å²) in [5.74, 6) is 0.839. The first-order valence-corrected chi connectivity index (χ1v) is 9.58. The molecule has 2 aromatic heterocycles. The van der Waals surface area contributed by atoms with Crippen LogP contribution < -0.4 is 10.1 Å². The molecule has 0 bridgehead atoms. The molecule has 0 radical (unpaired) electrons. The number of nitrogens with one attached hydrogen (secondary N) is 2. The standard InChI is InChI=1S/C21H20BrN3O2/c1-27-17-3-4-19-18(11-17)15(12-24-19)6-8-23-21(26)13-25-9-7-14-10-16(22)2-5-20(14)25/h2-5,7,9-12,24H,6,8,13H2,1H3,(H,23,26). The first-order chi connectivity index (χ1) is 13.1. The van der Waals surface area contributed by atoms with Crippen LogP contribution in [-0.2, 0) is 17.8 Å². The minimum absolute atomic E-state index is 0.00726. The number of aromatic amines is 1. The molecule has 27 heavy (non-hydrogen) atoms. The number of aromatic nitrogens is 2. The van der Waals surface area contributed by atoms with E-state index >= 15 is 0 Å². The fourth-order valence-corrected chi connectivity index (χ4v) is 3.73. The van der Waals surface area contributed by atoms with Gasteiger partial charge in [-0.3, -0.25) is 4.79 Å². The third kappa shape index (κ3) is 3.71. The molecular weight excluding hydrogens is 406 g/mol. The molecule has 0 saturated carbocycles. The van der Waals surface area contributed by atoms with Gasteiger partial charge in [0.05, 0.1) is 7.11 Å². The number of ether oxygens (including phenoxy) is 1. The van der Waals surface area contributed by atoms with Crippen molar-refractivity contribution in [3.05, 3.63) is 64.9 Å². The van der Waals surface area contributed by atoms with Crippen LogP contribution in [0.15, 0.2) is 59.3 Å². The van der Waals surface area contributed by atoms with E-state index in [1.807, 2.05) is 53.4 Å². The van der Waals surface area contributed by atoms with Gasteiger partial charge in [-0.15, -0.1) is 0 Å². The maximum Gasteiger partial charge on any atom is 0.239 e. The highest BCUT2D eigenvalue weighted by molar-refractivity contribution is 9.10. The number of carbonyl (C=O) groups is 1. The highest BCUT2D eigenvalue weighted by atomic mass is 79.9. The van der Waals surface area contributed by atoms with Crippen LogP contribution >= 0.6 is 15.9 Å². The van der Waals surface area contributed by atoms with Gasteiger partial charge in [0.1, 0.15) is 12.3 Å². The Morgan fingerprint density at radius 1 is 1.22 bits per heavy atom. The van der Waals surface area contributed by atoms with Crippen LogP contribution in [0.1, 0.15) is 5.56 Å². The van der Waals surface area contributed by atoms with E-state index in [-0.39, 0.29) is 5.91 Å². The summed E-state index contributed by atoms with van der Waals surface area (Å²) in [5, 5.41) is 5.26. The van der Waals surface area contributed by atoms with Gasteiger partial charge in [-0.05, 0) is 54.4 Å². The highest BCUT2D eigenvalue weighted by Gasteiger charge is 2.08. The molecule has 2 aromatic carbocycles. The molecule has 0 saturated heterocycles. The summed E-state index contributed by atoms with van der Waals surface area (Å²) in [6, 6.07) is 14.0. The lowest BCUT2D eigenvalue weighted by molar-refractivity contribution is -0.121. The summed E-state index contributed by atoms with van der Waals surface area (Å²) >= 11 is 3.47. The molecule has 1 amide bonds. The Bertz CT molecular complexity index is 1110. The third-order valence-corrected chi connectivity index (χ3v) is 5.23. The van der Waals surface area contributed by atoms with Crippen molar-refractivity contribution in [3.63, 3.8) is 0 Å². The second-order valence-corrected chi connectivity index (χ2v) is 7.39. The predicted molar refractivity (Wildman–Crippen MR) is 111 cm³/mol. The molecule has 2 heterocycles. The molecule has 0 aliphatic rings. The smallest absolute Gasteiger partial charge is 0.239 e. The number of nitrogens with zero attached hydrogens (tertiary/aromatic N) is 1. The number of rotatable bonds is 6. The number of hydrogen-bond acceptors (Lipinski definition) is 2. The van der Waals surface area contributed by atoms with Gasteiger partial charge >= 0.3 is 0 Å². The Morgan fingerprint density at radius 2 is 2.11 bits per heavy atom. The lowest BCUT2D eigenvalue weighted by Gasteiger charge is -2.08. The van der Waals surface area contributed by atoms with Gasteiger partial charge < -0.3 is 19.6 Å². The summed E-state index contributed by atoms with van der Waals surface area (Å²) in [6.45, 7) is 0.903. The molecule has 4 aromatic rings. The van der Waals surface area contributed by atoms with E-state index in [1.54, 1.807) is 7.11 Å². The van der Waals surface area contributed by atoms with Gasteiger partial charge in [-0.2, -0.15) is 0 Å². The number of carbonyl (C=O) groups excluding carboxylic acids is 1. The molecule has 0 spiro atoms. The number of fused-ring (bicyclic) bond motifs is 2. The number of hydrogen-bond donors (Lipinski definition) is 2. The van der Waals surface area contributed by atoms with Crippen molar-refractivity contribution < 1.29 is 9.53 Å². The minimum Gasteiger partial charge on any atom is -0.497 e. The lowest BCUT2D eigenvalue weighted by Crippen LogP contribution is -2.29. The first kappa shape index (κ1) is 17.7. The summed E-state index contributed by atoms with van der Waals surface area (Å²) in [4.78, 5) is 15.6. The molecule has 6 heteroatoms. The van der Waals surface area contributed by atoms with E-state index in [2.05, 4.69) is 32.3 Å². The summed E-state index contributed by atoms with van der Waals surface area (Å²) in [7, 11) is 1.66. The van der Waals surface area contributed by atoms with E-state index in [0.29, 0.717) is 13.1 Å². The van der Waals surface area contributed by atoms with Crippen molar-refractivity contribution in [2.75, 3.05) is 13.7 Å². The van der Waals surface area contributed by atoms with Crippen LogP contribution in [-0.4, -0.2) is 29.1 Å². The van der Waals surface area contributed by atoms with Crippen LogP contribution in [0.5, 0.6) is 5.75 Å². The number of benzene rings is 2. The van der Waals surface area contributed by atoms with Crippen molar-refractivity contribution in [2.24, 2.45) is 0 Å². The zero-order chi connectivity index (χ0) is 18.8. The Balaban J connectivity index is 1.38. The molecule has 0 aliphatic heterocycles. The molecule has 138 valence electrons. The van der Waals surface area contributed by atoms with Crippen LogP contribution in [0.2, 0.25) is 0 Å². The molecule has 5 nitrogen and oxygen atoms in total. The lowest BCUT2D eigenvalue weighted by atomic mass is 10.1. The van der Waals surface area contributed by atoms with Crippen LogP contribution in [0, 0.1) is 0 Å². The van der Waals surface area contributed by atoms with Crippen molar-refractivity contribution in [3.8, 4) is 5.75 Å². The Hall–Kier alpha value is -2.73. The van der Waals surface area contributed by atoms with E-state index in [0.717, 1.165) is 38.4 Å².